The third kappa shape index (κ3) is 6.77. The third-order valence-electron chi connectivity index (χ3n) is 5.12. The summed E-state index contributed by atoms with van der Waals surface area (Å²) < 4.78 is 11.9. The van der Waals surface area contributed by atoms with Crippen molar-refractivity contribution in [1.29, 1.82) is 0 Å². The Morgan fingerprint density at radius 2 is 1.83 bits per heavy atom. The molecular weight excluding hydrogens is 544 g/mol. The van der Waals surface area contributed by atoms with Crippen LogP contribution in [0.5, 0.6) is 11.5 Å². The third-order valence-corrected chi connectivity index (χ3v) is 6.64. The number of halogens is 1. The van der Waals surface area contributed by atoms with Gasteiger partial charge in [-0.1, -0.05) is 36.4 Å². The SMILES string of the molecule is Cc1cccc(OCCN2C(=O)S/C(=C\c3ccc(OCC(=O)Nc4ccccc4)c(Br)c3)C2=O)c1. The van der Waals surface area contributed by atoms with E-state index < -0.39 is 0 Å². The number of hydrogen-bond donors (Lipinski definition) is 1. The van der Waals surface area contributed by atoms with Crippen molar-refractivity contribution >= 4 is 56.5 Å². The number of benzene rings is 3. The summed E-state index contributed by atoms with van der Waals surface area (Å²) >= 11 is 4.34. The van der Waals surface area contributed by atoms with Gasteiger partial charge in [0.05, 0.1) is 15.9 Å². The number of aryl methyl sites for hydroxylation is 1. The molecular formula is C27H23BrN2O5S. The summed E-state index contributed by atoms with van der Waals surface area (Å²) in [6.45, 7) is 2.19. The predicted molar refractivity (Wildman–Crippen MR) is 144 cm³/mol. The van der Waals surface area contributed by atoms with Gasteiger partial charge in [0.25, 0.3) is 17.1 Å². The predicted octanol–water partition coefficient (Wildman–Crippen LogP) is 5.89. The fraction of sp³-hybridized carbons (Fsp3) is 0.148. The maximum atomic E-state index is 12.8. The van der Waals surface area contributed by atoms with Crippen LogP contribution in [0.25, 0.3) is 6.08 Å². The van der Waals surface area contributed by atoms with Crippen molar-refractivity contribution in [2.75, 3.05) is 25.1 Å². The number of thioether (sulfide) groups is 1. The number of anilines is 1. The topological polar surface area (TPSA) is 84.9 Å². The standard InChI is InChI=1S/C27H23BrN2O5S/c1-18-6-5-9-21(14-18)34-13-12-30-26(32)24(36-27(30)33)16-19-10-11-23(22(28)15-19)35-17-25(31)29-20-7-3-2-4-8-20/h2-11,14-16H,12-13,17H2,1H3,(H,29,31)/b24-16-. The maximum absolute atomic E-state index is 12.8. The lowest BCUT2D eigenvalue weighted by Gasteiger charge is -2.13. The molecule has 3 aromatic carbocycles. The van der Waals surface area contributed by atoms with E-state index in [1.807, 2.05) is 49.4 Å². The summed E-state index contributed by atoms with van der Waals surface area (Å²) in [5.74, 6) is 0.545. The average Bonchev–Trinajstić information content (AvgIpc) is 3.11. The summed E-state index contributed by atoms with van der Waals surface area (Å²) in [5, 5.41) is 2.43. The van der Waals surface area contributed by atoms with E-state index in [1.165, 1.54) is 4.90 Å². The molecule has 1 N–H and O–H groups in total. The van der Waals surface area contributed by atoms with Gasteiger partial charge in [-0.2, -0.15) is 0 Å². The molecule has 1 saturated heterocycles. The Labute approximate surface area is 221 Å². The molecule has 9 heteroatoms. The lowest BCUT2D eigenvalue weighted by Crippen LogP contribution is -2.32. The van der Waals surface area contributed by atoms with Crippen LogP contribution < -0.4 is 14.8 Å². The molecule has 184 valence electrons. The Morgan fingerprint density at radius 1 is 1.03 bits per heavy atom. The van der Waals surface area contributed by atoms with Gasteiger partial charge in [0.2, 0.25) is 0 Å². The zero-order chi connectivity index (χ0) is 25.5. The number of rotatable bonds is 9. The fourth-order valence-electron chi connectivity index (χ4n) is 3.39. The first-order valence-electron chi connectivity index (χ1n) is 11.1. The number of para-hydroxylation sites is 1. The lowest BCUT2D eigenvalue weighted by molar-refractivity contribution is -0.123. The molecule has 36 heavy (non-hydrogen) atoms. The van der Waals surface area contributed by atoms with E-state index in [1.54, 1.807) is 36.4 Å². The molecule has 1 aliphatic rings. The van der Waals surface area contributed by atoms with Crippen LogP contribution in [0.2, 0.25) is 0 Å². The van der Waals surface area contributed by atoms with Crippen molar-refractivity contribution < 1.29 is 23.9 Å². The highest BCUT2D eigenvalue weighted by Gasteiger charge is 2.34. The molecule has 0 atom stereocenters. The summed E-state index contributed by atoms with van der Waals surface area (Å²) in [7, 11) is 0. The smallest absolute Gasteiger partial charge is 0.293 e. The lowest BCUT2D eigenvalue weighted by atomic mass is 10.2. The first-order chi connectivity index (χ1) is 17.4. The van der Waals surface area contributed by atoms with Crippen LogP contribution >= 0.6 is 27.7 Å². The van der Waals surface area contributed by atoms with Gasteiger partial charge in [-0.25, -0.2) is 0 Å². The molecule has 0 bridgehead atoms. The van der Waals surface area contributed by atoms with Gasteiger partial charge in [-0.15, -0.1) is 0 Å². The molecule has 1 aliphatic heterocycles. The van der Waals surface area contributed by atoms with Crippen molar-refractivity contribution in [3.8, 4) is 11.5 Å². The van der Waals surface area contributed by atoms with Gasteiger partial charge in [-0.3, -0.25) is 19.3 Å². The molecule has 3 amide bonds. The molecule has 7 nitrogen and oxygen atoms in total. The second kappa shape index (κ2) is 11.9. The minimum absolute atomic E-state index is 0.156. The van der Waals surface area contributed by atoms with E-state index in [-0.39, 0.29) is 36.8 Å². The van der Waals surface area contributed by atoms with Gasteiger partial charge < -0.3 is 14.8 Å². The van der Waals surface area contributed by atoms with Gasteiger partial charge in [-0.05, 0) is 88.2 Å². The van der Waals surface area contributed by atoms with Crippen LogP contribution in [0.1, 0.15) is 11.1 Å². The van der Waals surface area contributed by atoms with E-state index in [0.717, 1.165) is 17.3 Å². The van der Waals surface area contributed by atoms with Crippen LogP contribution in [0.4, 0.5) is 10.5 Å². The van der Waals surface area contributed by atoms with Crippen LogP contribution in [0.15, 0.2) is 82.2 Å². The molecule has 1 fully saturated rings. The fourth-order valence-corrected chi connectivity index (χ4v) is 4.77. The molecule has 0 aliphatic carbocycles. The van der Waals surface area contributed by atoms with Gasteiger partial charge >= 0.3 is 0 Å². The molecule has 0 saturated carbocycles. The van der Waals surface area contributed by atoms with E-state index in [2.05, 4.69) is 21.2 Å². The first kappa shape index (κ1) is 25.5. The Balaban J connectivity index is 1.32. The zero-order valence-corrected chi connectivity index (χ0v) is 21.8. The second-order valence-corrected chi connectivity index (χ2v) is 9.74. The van der Waals surface area contributed by atoms with E-state index >= 15 is 0 Å². The molecule has 1 heterocycles. The minimum atomic E-state index is -0.355. The Hall–Kier alpha value is -3.56. The summed E-state index contributed by atoms with van der Waals surface area (Å²) in [6.07, 6.45) is 1.66. The summed E-state index contributed by atoms with van der Waals surface area (Å²) in [6, 6.07) is 21.9. The Kier molecular flexibility index (Phi) is 8.45. The molecule has 4 rings (SSSR count). The van der Waals surface area contributed by atoms with Crippen molar-refractivity contribution in [3.05, 3.63) is 93.3 Å². The molecule has 0 spiro atoms. The van der Waals surface area contributed by atoms with Gasteiger partial charge in [0.15, 0.2) is 6.61 Å². The molecule has 0 unspecified atom stereocenters. The number of hydrogen-bond acceptors (Lipinski definition) is 6. The monoisotopic (exact) mass is 566 g/mol. The zero-order valence-electron chi connectivity index (χ0n) is 19.4. The maximum Gasteiger partial charge on any atom is 0.293 e. The Morgan fingerprint density at radius 3 is 2.58 bits per heavy atom. The number of amides is 3. The normalized spacial score (nSPS) is 14.3. The highest BCUT2D eigenvalue weighted by Crippen LogP contribution is 2.34. The number of carbonyl (C=O) groups is 3. The average molecular weight is 567 g/mol. The van der Waals surface area contributed by atoms with Crippen molar-refractivity contribution in [2.24, 2.45) is 0 Å². The summed E-state index contributed by atoms with van der Waals surface area (Å²) in [5.41, 5.74) is 2.47. The van der Waals surface area contributed by atoms with Gasteiger partial charge in [0, 0.05) is 5.69 Å². The number of imide groups is 1. The number of nitrogens with one attached hydrogen (secondary N) is 1. The quantitative estimate of drug-likeness (QED) is 0.325. The second-order valence-electron chi connectivity index (χ2n) is 7.89. The van der Waals surface area contributed by atoms with Crippen LogP contribution in [-0.4, -0.2) is 41.7 Å². The van der Waals surface area contributed by atoms with E-state index in [4.69, 9.17) is 9.47 Å². The highest BCUT2D eigenvalue weighted by molar-refractivity contribution is 9.10. The number of carbonyl (C=O) groups excluding carboxylic acids is 3. The largest absolute Gasteiger partial charge is 0.492 e. The highest BCUT2D eigenvalue weighted by atomic mass is 79.9. The molecule has 0 radical (unpaired) electrons. The van der Waals surface area contributed by atoms with Gasteiger partial charge in [0.1, 0.15) is 18.1 Å². The van der Waals surface area contributed by atoms with Crippen LogP contribution in [0.3, 0.4) is 0 Å². The molecule has 3 aromatic rings. The minimum Gasteiger partial charge on any atom is -0.492 e. The van der Waals surface area contributed by atoms with Crippen LogP contribution in [-0.2, 0) is 9.59 Å². The van der Waals surface area contributed by atoms with E-state index in [9.17, 15) is 14.4 Å². The van der Waals surface area contributed by atoms with Crippen molar-refractivity contribution in [1.82, 2.24) is 4.90 Å². The van der Waals surface area contributed by atoms with Crippen LogP contribution in [0, 0.1) is 6.92 Å². The Bertz CT molecular complexity index is 1310. The van der Waals surface area contributed by atoms with Crippen molar-refractivity contribution in [2.45, 2.75) is 6.92 Å². The number of nitrogens with zero attached hydrogens (tertiary/aromatic N) is 1. The summed E-state index contributed by atoms with van der Waals surface area (Å²) in [4.78, 5) is 38.8. The molecule has 0 aromatic heterocycles. The van der Waals surface area contributed by atoms with E-state index in [0.29, 0.717) is 32.1 Å². The van der Waals surface area contributed by atoms with Crippen molar-refractivity contribution in [3.63, 3.8) is 0 Å². The first-order valence-corrected chi connectivity index (χ1v) is 12.7. The number of ether oxygens (including phenoxy) is 2.